The number of anilines is 3. The van der Waals surface area contributed by atoms with Gasteiger partial charge in [0, 0.05) is 76.1 Å². The van der Waals surface area contributed by atoms with Gasteiger partial charge in [0.15, 0.2) is 5.82 Å². The average molecular weight is 411 g/mol. The SMILES string of the molecule is Cc1cc(N2CCN(c3cc4c(nn3)CCOC4)CC2)nc(N2CCN(C)CC2)n1. The fourth-order valence-corrected chi connectivity index (χ4v) is 4.30. The molecule has 3 aliphatic rings. The van der Waals surface area contributed by atoms with Gasteiger partial charge in [-0.3, -0.25) is 0 Å². The summed E-state index contributed by atoms with van der Waals surface area (Å²) < 4.78 is 5.58. The molecule has 0 aliphatic carbocycles. The standard InChI is InChI=1S/C21H30N8O/c1-16-13-19(23-21(22-16)29-6-4-26(2)5-7-29)27-8-10-28(11-9-27)20-14-17-15-30-12-3-18(17)24-25-20/h13-14H,3-12,15H2,1-2H3. The van der Waals surface area contributed by atoms with Gasteiger partial charge in [-0.1, -0.05) is 0 Å². The average Bonchev–Trinajstić information content (AvgIpc) is 2.79. The van der Waals surface area contributed by atoms with Crippen LogP contribution in [0.3, 0.4) is 0 Å². The van der Waals surface area contributed by atoms with Crippen LogP contribution in [-0.2, 0) is 17.8 Å². The molecule has 0 unspecified atom stereocenters. The van der Waals surface area contributed by atoms with Gasteiger partial charge in [-0.15, -0.1) is 5.10 Å². The Morgan fingerprint density at radius 2 is 1.50 bits per heavy atom. The Balaban J connectivity index is 1.26. The minimum absolute atomic E-state index is 0.646. The summed E-state index contributed by atoms with van der Waals surface area (Å²) >= 11 is 0. The summed E-state index contributed by atoms with van der Waals surface area (Å²) in [4.78, 5) is 19.0. The number of ether oxygens (including phenoxy) is 1. The first-order chi connectivity index (χ1) is 14.7. The second-order valence-electron chi connectivity index (χ2n) is 8.41. The summed E-state index contributed by atoms with van der Waals surface area (Å²) in [5.41, 5.74) is 3.28. The number of rotatable bonds is 3. The van der Waals surface area contributed by atoms with Gasteiger partial charge in [-0.25, -0.2) is 4.98 Å². The lowest BCUT2D eigenvalue weighted by Crippen LogP contribution is -2.48. The Bertz CT molecular complexity index is 891. The maximum atomic E-state index is 5.58. The molecule has 5 rings (SSSR count). The molecule has 160 valence electrons. The van der Waals surface area contributed by atoms with Crippen molar-refractivity contribution in [2.45, 2.75) is 20.0 Å². The van der Waals surface area contributed by atoms with Crippen molar-refractivity contribution in [1.82, 2.24) is 25.1 Å². The van der Waals surface area contributed by atoms with Crippen LogP contribution in [0.25, 0.3) is 0 Å². The zero-order valence-electron chi connectivity index (χ0n) is 17.9. The molecule has 0 spiro atoms. The normalized spacial score (nSPS) is 20.4. The summed E-state index contributed by atoms with van der Waals surface area (Å²) in [6, 6.07) is 4.25. The van der Waals surface area contributed by atoms with Crippen LogP contribution >= 0.6 is 0 Å². The van der Waals surface area contributed by atoms with E-state index in [0.29, 0.717) is 6.61 Å². The molecule has 0 radical (unpaired) electrons. The number of piperazine rings is 2. The van der Waals surface area contributed by atoms with E-state index in [1.807, 2.05) is 0 Å². The van der Waals surface area contributed by atoms with E-state index < -0.39 is 0 Å². The number of hydrogen-bond donors (Lipinski definition) is 0. The number of likely N-dealkylation sites (N-methyl/N-ethyl adjacent to an activating group) is 1. The van der Waals surface area contributed by atoms with Crippen molar-refractivity contribution in [2.24, 2.45) is 0 Å². The molecule has 2 aromatic heterocycles. The third-order valence-corrected chi connectivity index (χ3v) is 6.23. The number of hydrogen-bond acceptors (Lipinski definition) is 9. The third-order valence-electron chi connectivity index (χ3n) is 6.23. The fourth-order valence-electron chi connectivity index (χ4n) is 4.30. The summed E-state index contributed by atoms with van der Waals surface area (Å²) in [6.07, 6.45) is 0.860. The van der Waals surface area contributed by atoms with Crippen LogP contribution in [0.1, 0.15) is 17.0 Å². The number of fused-ring (bicyclic) bond motifs is 1. The number of aryl methyl sites for hydroxylation is 1. The molecule has 0 saturated carbocycles. The molecule has 2 aromatic rings. The van der Waals surface area contributed by atoms with Gasteiger partial charge in [-0.05, 0) is 20.0 Å². The molecule has 0 bridgehead atoms. The second kappa shape index (κ2) is 8.31. The zero-order valence-corrected chi connectivity index (χ0v) is 17.9. The zero-order chi connectivity index (χ0) is 20.5. The van der Waals surface area contributed by atoms with Crippen molar-refractivity contribution in [2.75, 3.05) is 80.7 Å². The molecule has 5 heterocycles. The van der Waals surface area contributed by atoms with Crippen LogP contribution in [-0.4, -0.2) is 91.1 Å². The molecule has 3 aliphatic heterocycles. The van der Waals surface area contributed by atoms with Gasteiger partial charge < -0.3 is 24.3 Å². The van der Waals surface area contributed by atoms with E-state index in [4.69, 9.17) is 14.7 Å². The van der Waals surface area contributed by atoms with Crippen LogP contribution in [0, 0.1) is 6.92 Å². The lowest BCUT2D eigenvalue weighted by Gasteiger charge is -2.37. The molecule has 9 nitrogen and oxygen atoms in total. The Labute approximate surface area is 177 Å². The minimum atomic E-state index is 0.646. The van der Waals surface area contributed by atoms with Crippen LogP contribution in [0.4, 0.5) is 17.6 Å². The molecule has 0 aromatic carbocycles. The highest BCUT2D eigenvalue weighted by molar-refractivity contribution is 5.49. The van der Waals surface area contributed by atoms with E-state index >= 15 is 0 Å². The Hall–Kier alpha value is -2.52. The van der Waals surface area contributed by atoms with Gasteiger partial charge in [0.1, 0.15) is 5.82 Å². The Morgan fingerprint density at radius 1 is 0.800 bits per heavy atom. The van der Waals surface area contributed by atoms with Crippen LogP contribution < -0.4 is 14.7 Å². The van der Waals surface area contributed by atoms with Crippen molar-refractivity contribution in [3.63, 3.8) is 0 Å². The van der Waals surface area contributed by atoms with Crippen molar-refractivity contribution in [3.05, 3.63) is 29.1 Å². The lowest BCUT2D eigenvalue weighted by molar-refractivity contribution is 0.109. The number of aromatic nitrogens is 4. The summed E-state index contributed by atoms with van der Waals surface area (Å²) in [5.74, 6) is 2.85. The van der Waals surface area contributed by atoms with E-state index in [-0.39, 0.29) is 0 Å². The largest absolute Gasteiger partial charge is 0.376 e. The van der Waals surface area contributed by atoms with E-state index in [1.165, 1.54) is 5.56 Å². The molecule has 2 saturated heterocycles. The second-order valence-corrected chi connectivity index (χ2v) is 8.41. The predicted octanol–water partition coefficient (Wildman–Crippen LogP) is 0.726. The van der Waals surface area contributed by atoms with Crippen LogP contribution in [0.2, 0.25) is 0 Å². The summed E-state index contributed by atoms with van der Waals surface area (Å²) in [6.45, 7) is 11.1. The van der Waals surface area contributed by atoms with Crippen LogP contribution in [0.5, 0.6) is 0 Å². The first kappa shape index (κ1) is 19.4. The Kier molecular flexibility index (Phi) is 5.39. The fraction of sp³-hybridized carbons (Fsp3) is 0.619. The minimum Gasteiger partial charge on any atom is -0.376 e. The van der Waals surface area contributed by atoms with Gasteiger partial charge in [-0.2, -0.15) is 10.1 Å². The van der Waals surface area contributed by atoms with Crippen molar-refractivity contribution < 1.29 is 4.74 Å². The Morgan fingerprint density at radius 3 is 2.27 bits per heavy atom. The highest BCUT2D eigenvalue weighted by Crippen LogP contribution is 2.23. The monoisotopic (exact) mass is 410 g/mol. The van der Waals surface area contributed by atoms with Crippen molar-refractivity contribution >= 4 is 17.6 Å². The predicted molar refractivity (Wildman–Crippen MR) is 116 cm³/mol. The molecule has 2 fully saturated rings. The molecule has 0 amide bonds. The quantitative estimate of drug-likeness (QED) is 0.728. The third kappa shape index (κ3) is 4.04. The van der Waals surface area contributed by atoms with Gasteiger partial charge >= 0.3 is 0 Å². The highest BCUT2D eigenvalue weighted by Gasteiger charge is 2.23. The molecular formula is C21H30N8O. The molecule has 0 atom stereocenters. The molecule has 9 heteroatoms. The van der Waals surface area contributed by atoms with Gasteiger partial charge in [0.05, 0.1) is 18.9 Å². The topological polar surface area (TPSA) is 73.8 Å². The maximum Gasteiger partial charge on any atom is 0.227 e. The number of nitrogens with zero attached hydrogens (tertiary/aromatic N) is 8. The van der Waals surface area contributed by atoms with Gasteiger partial charge in [0.25, 0.3) is 0 Å². The summed E-state index contributed by atoms with van der Waals surface area (Å²) in [5, 5.41) is 8.91. The van der Waals surface area contributed by atoms with Gasteiger partial charge in [0.2, 0.25) is 5.95 Å². The first-order valence-electron chi connectivity index (χ1n) is 10.9. The smallest absolute Gasteiger partial charge is 0.227 e. The van der Waals surface area contributed by atoms with E-state index in [2.05, 4.69) is 55.9 Å². The van der Waals surface area contributed by atoms with Crippen LogP contribution in [0.15, 0.2) is 12.1 Å². The van der Waals surface area contributed by atoms with E-state index in [0.717, 1.165) is 94.4 Å². The van der Waals surface area contributed by atoms with Crippen molar-refractivity contribution in [3.8, 4) is 0 Å². The lowest BCUT2D eigenvalue weighted by atomic mass is 10.1. The molecule has 30 heavy (non-hydrogen) atoms. The van der Waals surface area contributed by atoms with Crippen molar-refractivity contribution in [1.29, 1.82) is 0 Å². The maximum absolute atomic E-state index is 5.58. The summed E-state index contributed by atoms with van der Waals surface area (Å²) in [7, 11) is 2.17. The first-order valence-corrected chi connectivity index (χ1v) is 10.9. The van der Waals surface area contributed by atoms with E-state index in [9.17, 15) is 0 Å². The molecule has 0 N–H and O–H groups in total. The van der Waals surface area contributed by atoms with E-state index in [1.54, 1.807) is 0 Å². The highest BCUT2D eigenvalue weighted by atomic mass is 16.5. The molecular weight excluding hydrogens is 380 g/mol.